The maximum Gasteiger partial charge on any atom is 0.336 e. The number of methoxy groups -OCH3 is 10. The fraction of sp³-hybridized carbons (Fsp3) is 0.519. The van der Waals surface area contributed by atoms with Crippen LogP contribution in [0.2, 0.25) is 0 Å². The molecule has 0 radical (unpaired) electrons. The molecule has 18 heteroatoms. The Labute approximate surface area is 422 Å². The average Bonchev–Trinajstić information content (AvgIpc) is 3.40. The number of carbonyl (C=O) groups excluding carboxylic acids is 2. The maximum absolute atomic E-state index is 13.2. The molecular formula is C54H72N2O16. The minimum absolute atomic E-state index is 0.0434. The van der Waals surface area contributed by atoms with Gasteiger partial charge in [-0.1, -0.05) is 0 Å². The van der Waals surface area contributed by atoms with E-state index in [-0.39, 0.29) is 38.4 Å². The summed E-state index contributed by atoms with van der Waals surface area (Å²) in [6.45, 7) is 1.47. The molecule has 0 bridgehead atoms. The maximum atomic E-state index is 13.2. The predicted molar refractivity (Wildman–Crippen MR) is 267 cm³/mol. The van der Waals surface area contributed by atoms with Crippen LogP contribution in [0.25, 0.3) is 0 Å². The van der Waals surface area contributed by atoms with Crippen LogP contribution >= 0.6 is 0 Å². The highest BCUT2D eigenvalue weighted by Crippen LogP contribution is 2.45. The summed E-state index contributed by atoms with van der Waals surface area (Å²) in [6.07, 6.45) is 2.02. The van der Waals surface area contributed by atoms with Crippen molar-refractivity contribution in [3.8, 4) is 57.5 Å². The van der Waals surface area contributed by atoms with Gasteiger partial charge in [0.25, 0.3) is 0 Å². The molecule has 4 unspecified atom stereocenters. The summed E-state index contributed by atoms with van der Waals surface area (Å²) >= 11 is 0. The van der Waals surface area contributed by atoms with Gasteiger partial charge in [0.05, 0.1) is 84.3 Å². The van der Waals surface area contributed by atoms with E-state index in [1.807, 2.05) is 48.5 Å². The number of unbranched alkanes of at least 4 members (excludes halogenated alkanes) is 3. The summed E-state index contributed by atoms with van der Waals surface area (Å²) in [5, 5.41) is 22.4. The number of aliphatic hydroxyl groups is 2. The molecule has 0 aliphatic carbocycles. The van der Waals surface area contributed by atoms with Crippen LogP contribution in [-0.4, -0.2) is 155 Å². The molecule has 6 rings (SSSR count). The third kappa shape index (κ3) is 13.0. The summed E-state index contributed by atoms with van der Waals surface area (Å²) in [6, 6.07) is 15.0. The zero-order chi connectivity index (χ0) is 51.9. The van der Waals surface area contributed by atoms with Crippen molar-refractivity contribution in [1.29, 1.82) is 0 Å². The molecule has 2 N–H and O–H groups in total. The lowest BCUT2D eigenvalue weighted by Gasteiger charge is -2.38. The number of hydrogen-bond donors (Lipinski definition) is 2. The zero-order valence-corrected chi connectivity index (χ0v) is 43.3. The van der Waals surface area contributed by atoms with E-state index >= 15 is 0 Å². The third-order valence-corrected chi connectivity index (χ3v) is 13.4. The van der Waals surface area contributed by atoms with Gasteiger partial charge in [-0.3, -0.25) is 9.80 Å². The molecule has 4 aromatic rings. The first kappa shape index (κ1) is 55.0. The molecule has 0 saturated carbocycles. The molecule has 394 valence electrons. The summed E-state index contributed by atoms with van der Waals surface area (Å²) < 4.78 is 67.3. The van der Waals surface area contributed by atoms with Crippen molar-refractivity contribution in [1.82, 2.24) is 9.80 Å². The molecule has 0 saturated heterocycles. The van der Waals surface area contributed by atoms with E-state index in [2.05, 4.69) is 9.80 Å². The number of aliphatic hydroxyl groups excluding tert-OH is 2. The molecule has 2 heterocycles. The number of nitrogens with zero attached hydrogens (tertiary/aromatic N) is 2. The van der Waals surface area contributed by atoms with Crippen molar-refractivity contribution in [3.63, 3.8) is 0 Å². The Hall–Kier alpha value is -6.34. The molecule has 18 nitrogen and oxygen atoms in total. The van der Waals surface area contributed by atoms with Crippen LogP contribution in [0.4, 0.5) is 0 Å². The first-order valence-corrected chi connectivity index (χ1v) is 24.1. The summed E-state index contributed by atoms with van der Waals surface area (Å²) in [5.74, 6) is 4.03. The van der Waals surface area contributed by atoms with Crippen molar-refractivity contribution in [2.75, 3.05) is 110 Å². The first-order chi connectivity index (χ1) is 34.9. The Kier molecular flexibility index (Phi) is 20.1. The molecule has 2 aliphatic rings. The lowest BCUT2D eigenvalue weighted by atomic mass is 9.87. The Morgan fingerprint density at radius 1 is 0.458 bits per heavy atom. The van der Waals surface area contributed by atoms with E-state index in [4.69, 9.17) is 56.8 Å². The Morgan fingerprint density at radius 3 is 1.08 bits per heavy atom. The SMILES string of the molecule is COc1cc2c(cc1OC)C(Cc1cc(OC)c(OC)c(OC)c1)N(CC(O)C(=O)OCCCCCCOC(=O)C(O)CN1CCc3cc(OC)c(OC)cc3C1Cc1cc(OC)c(OC)c(OC)c1)CC2. The summed E-state index contributed by atoms with van der Waals surface area (Å²) in [4.78, 5) is 30.5. The topological polar surface area (TPSA) is 192 Å². The van der Waals surface area contributed by atoms with Gasteiger partial charge in [0.15, 0.2) is 58.2 Å². The number of β-amino-alcohol motifs (C(OH)–C–C–N with tert-alkyl or cyclic N) is 2. The fourth-order valence-electron chi connectivity index (χ4n) is 9.72. The van der Waals surface area contributed by atoms with E-state index in [9.17, 15) is 19.8 Å². The van der Waals surface area contributed by atoms with Crippen LogP contribution in [0.15, 0.2) is 48.5 Å². The number of rotatable bonds is 27. The van der Waals surface area contributed by atoms with Gasteiger partial charge in [-0.2, -0.15) is 0 Å². The highest BCUT2D eigenvalue weighted by molar-refractivity contribution is 5.75. The van der Waals surface area contributed by atoms with Gasteiger partial charge in [-0.25, -0.2) is 9.59 Å². The molecule has 2 aliphatic heterocycles. The van der Waals surface area contributed by atoms with Gasteiger partial charge < -0.3 is 67.1 Å². The van der Waals surface area contributed by atoms with Crippen LogP contribution in [0.5, 0.6) is 57.5 Å². The second-order valence-corrected chi connectivity index (χ2v) is 17.6. The van der Waals surface area contributed by atoms with E-state index in [1.165, 1.54) is 0 Å². The molecule has 0 fully saturated rings. The van der Waals surface area contributed by atoms with Gasteiger partial charge in [0.2, 0.25) is 11.5 Å². The Bertz CT molecular complexity index is 2230. The number of benzene rings is 4. The molecule has 0 aromatic heterocycles. The lowest BCUT2D eigenvalue weighted by molar-refractivity contribution is -0.156. The van der Waals surface area contributed by atoms with E-state index in [1.54, 1.807) is 71.1 Å². The van der Waals surface area contributed by atoms with Crippen molar-refractivity contribution in [2.24, 2.45) is 0 Å². The van der Waals surface area contributed by atoms with Crippen LogP contribution in [0.3, 0.4) is 0 Å². The number of esters is 2. The van der Waals surface area contributed by atoms with Crippen molar-refractivity contribution in [3.05, 3.63) is 81.9 Å². The van der Waals surface area contributed by atoms with Crippen LogP contribution in [0.1, 0.15) is 71.1 Å². The van der Waals surface area contributed by atoms with Crippen molar-refractivity contribution < 1.29 is 76.6 Å². The molecule has 0 amide bonds. The zero-order valence-electron chi connectivity index (χ0n) is 43.3. The van der Waals surface area contributed by atoms with Crippen molar-refractivity contribution >= 4 is 11.9 Å². The second kappa shape index (κ2) is 26.4. The van der Waals surface area contributed by atoms with E-state index in [0.717, 1.165) is 33.4 Å². The first-order valence-electron chi connectivity index (χ1n) is 24.1. The minimum Gasteiger partial charge on any atom is -0.493 e. The number of fused-ring (bicyclic) bond motifs is 2. The van der Waals surface area contributed by atoms with Crippen molar-refractivity contribution in [2.45, 2.75) is 75.7 Å². The van der Waals surface area contributed by atoms with E-state index < -0.39 is 24.1 Å². The smallest absolute Gasteiger partial charge is 0.336 e. The van der Waals surface area contributed by atoms with Gasteiger partial charge in [-0.15, -0.1) is 0 Å². The quantitative estimate of drug-likeness (QED) is 0.0512. The third-order valence-electron chi connectivity index (χ3n) is 13.4. The number of carbonyl (C=O) groups is 2. The standard InChI is InChI=1S/C54H72N2O16/c1-61-43-27-35-15-17-55(39(37(35)29-45(43)63-3)21-33-23-47(65-5)51(69-9)48(24-33)66-6)31-41(57)53(59)71-19-13-11-12-14-20-72-54(60)42(58)32-56-18-16-36-28-44(62-2)46(64-4)30-38(36)40(56)22-34-25-49(67-7)52(70-10)50(26-34)68-8/h23-30,39-42,57-58H,11-22,31-32H2,1-10H3. The van der Waals surface area contributed by atoms with E-state index in [0.29, 0.717) is 122 Å². The predicted octanol–water partition coefficient (Wildman–Crippen LogP) is 6.13. The number of hydrogen-bond acceptors (Lipinski definition) is 18. The Morgan fingerprint density at radius 2 is 0.778 bits per heavy atom. The largest absolute Gasteiger partial charge is 0.493 e. The molecule has 0 spiro atoms. The summed E-state index contributed by atoms with van der Waals surface area (Å²) in [7, 11) is 15.8. The molecule has 72 heavy (non-hydrogen) atoms. The van der Waals surface area contributed by atoms with Gasteiger partial charge >= 0.3 is 11.9 Å². The van der Waals surface area contributed by atoms with Gasteiger partial charge in [0.1, 0.15) is 0 Å². The van der Waals surface area contributed by atoms with Crippen LogP contribution in [0, 0.1) is 0 Å². The summed E-state index contributed by atoms with van der Waals surface area (Å²) in [5.41, 5.74) is 5.93. The van der Waals surface area contributed by atoms with Crippen LogP contribution in [-0.2, 0) is 44.7 Å². The fourth-order valence-corrected chi connectivity index (χ4v) is 9.72. The average molecular weight is 1010 g/mol. The number of ether oxygens (including phenoxy) is 12. The highest BCUT2D eigenvalue weighted by atomic mass is 16.6. The Balaban J connectivity index is 0.993. The molecular weight excluding hydrogens is 933 g/mol. The van der Waals surface area contributed by atoms with Gasteiger partial charge in [-0.05, 0) is 133 Å². The van der Waals surface area contributed by atoms with Crippen LogP contribution < -0.4 is 47.4 Å². The molecule has 4 aromatic carbocycles. The highest BCUT2D eigenvalue weighted by Gasteiger charge is 2.35. The second-order valence-electron chi connectivity index (χ2n) is 17.6. The normalized spacial score (nSPS) is 16.3. The van der Waals surface area contributed by atoms with Gasteiger partial charge in [0, 0.05) is 38.3 Å². The monoisotopic (exact) mass is 1000 g/mol. The molecule has 4 atom stereocenters. The minimum atomic E-state index is -1.39. The lowest BCUT2D eigenvalue weighted by Crippen LogP contribution is -2.44.